The lowest BCUT2D eigenvalue weighted by molar-refractivity contribution is 0.187. The fraction of sp³-hybridized carbons (Fsp3) is 0.312. The molecular formula is C16H16BrNO3. The maximum absolute atomic E-state index is 10.4. The van der Waals surface area contributed by atoms with E-state index in [4.69, 9.17) is 9.15 Å². The molecule has 1 aromatic carbocycles. The van der Waals surface area contributed by atoms with Crippen LogP contribution >= 0.6 is 15.9 Å². The van der Waals surface area contributed by atoms with E-state index in [0.29, 0.717) is 24.0 Å². The van der Waals surface area contributed by atoms with Crippen molar-refractivity contribution in [2.45, 2.75) is 25.5 Å². The van der Waals surface area contributed by atoms with Gasteiger partial charge in [-0.1, -0.05) is 30.3 Å². The molecule has 1 aliphatic rings. The predicted octanol–water partition coefficient (Wildman–Crippen LogP) is 3.68. The molecular weight excluding hydrogens is 334 g/mol. The van der Waals surface area contributed by atoms with Gasteiger partial charge in [0.1, 0.15) is 18.5 Å². The van der Waals surface area contributed by atoms with Crippen LogP contribution in [0.1, 0.15) is 37.0 Å². The first kappa shape index (κ1) is 14.4. The van der Waals surface area contributed by atoms with E-state index in [2.05, 4.69) is 20.9 Å². The van der Waals surface area contributed by atoms with Crippen molar-refractivity contribution < 1.29 is 14.3 Å². The Labute approximate surface area is 131 Å². The van der Waals surface area contributed by atoms with E-state index in [0.717, 1.165) is 10.0 Å². The van der Waals surface area contributed by atoms with Crippen LogP contribution in [-0.4, -0.2) is 23.2 Å². The number of rotatable bonds is 3. The number of aliphatic hydroxyl groups excluding tert-OH is 1. The van der Waals surface area contributed by atoms with Gasteiger partial charge < -0.3 is 14.3 Å². The lowest BCUT2D eigenvalue weighted by atomic mass is 10.1. The van der Waals surface area contributed by atoms with Gasteiger partial charge in [0.05, 0.1) is 10.0 Å². The van der Waals surface area contributed by atoms with Gasteiger partial charge in [0.2, 0.25) is 5.76 Å². The van der Waals surface area contributed by atoms with Crippen molar-refractivity contribution in [2.24, 2.45) is 4.99 Å². The highest BCUT2D eigenvalue weighted by molar-refractivity contribution is 9.10. The Morgan fingerprint density at radius 3 is 2.62 bits per heavy atom. The van der Waals surface area contributed by atoms with Crippen LogP contribution in [0.2, 0.25) is 0 Å². The Kier molecular flexibility index (Phi) is 3.63. The van der Waals surface area contributed by atoms with E-state index in [1.165, 1.54) is 0 Å². The average Bonchev–Trinajstić information content (AvgIpc) is 3.01. The van der Waals surface area contributed by atoms with Crippen molar-refractivity contribution in [3.63, 3.8) is 0 Å². The first-order chi connectivity index (χ1) is 9.96. The van der Waals surface area contributed by atoms with Crippen LogP contribution in [0.25, 0.3) is 0 Å². The lowest BCUT2D eigenvalue weighted by Gasteiger charge is -2.07. The molecule has 0 spiro atoms. The highest BCUT2D eigenvalue weighted by Gasteiger charge is 2.31. The summed E-state index contributed by atoms with van der Waals surface area (Å²) in [6.45, 7) is 4.51. The average molecular weight is 350 g/mol. The number of halogens is 1. The topological polar surface area (TPSA) is 55.0 Å². The van der Waals surface area contributed by atoms with Crippen molar-refractivity contribution in [1.29, 1.82) is 0 Å². The van der Waals surface area contributed by atoms with Crippen LogP contribution in [-0.2, 0) is 4.74 Å². The summed E-state index contributed by atoms with van der Waals surface area (Å²) in [4.78, 5) is 4.49. The molecule has 4 nitrogen and oxygen atoms in total. The van der Waals surface area contributed by atoms with Crippen molar-refractivity contribution in [2.75, 3.05) is 6.61 Å². The van der Waals surface area contributed by atoms with Crippen LogP contribution < -0.4 is 0 Å². The Morgan fingerprint density at radius 1 is 1.29 bits per heavy atom. The summed E-state index contributed by atoms with van der Waals surface area (Å²) in [7, 11) is 0. The van der Waals surface area contributed by atoms with E-state index in [9.17, 15) is 5.11 Å². The van der Waals surface area contributed by atoms with Gasteiger partial charge in [0.25, 0.3) is 5.90 Å². The predicted molar refractivity (Wildman–Crippen MR) is 83.5 cm³/mol. The largest absolute Gasteiger partial charge is 0.473 e. The Morgan fingerprint density at radius 2 is 2.00 bits per heavy atom. The molecule has 1 atom stereocenters. The number of hydrogen-bond donors (Lipinski definition) is 1. The van der Waals surface area contributed by atoms with E-state index in [-0.39, 0.29) is 5.54 Å². The van der Waals surface area contributed by atoms with Gasteiger partial charge in [-0.15, -0.1) is 0 Å². The molecule has 0 saturated carbocycles. The highest BCUT2D eigenvalue weighted by Crippen LogP contribution is 2.32. The number of ether oxygens (including phenoxy) is 1. The summed E-state index contributed by atoms with van der Waals surface area (Å²) < 4.78 is 12.1. The van der Waals surface area contributed by atoms with Gasteiger partial charge >= 0.3 is 0 Å². The Balaban J connectivity index is 1.92. The van der Waals surface area contributed by atoms with Crippen LogP contribution in [0.4, 0.5) is 0 Å². The Hall–Kier alpha value is -1.59. The summed E-state index contributed by atoms with van der Waals surface area (Å²) in [5.74, 6) is 1.45. The third-order valence-electron chi connectivity index (χ3n) is 3.25. The summed E-state index contributed by atoms with van der Waals surface area (Å²) in [5.41, 5.74) is 0.527. The summed E-state index contributed by atoms with van der Waals surface area (Å²) in [6, 6.07) is 11.1. The second-order valence-electron chi connectivity index (χ2n) is 5.66. The van der Waals surface area contributed by atoms with Crippen LogP contribution in [0, 0.1) is 0 Å². The number of aliphatic hydroxyl groups is 1. The first-order valence-electron chi connectivity index (χ1n) is 6.71. The highest BCUT2D eigenvalue weighted by atomic mass is 79.9. The van der Waals surface area contributed by atoms with Gasteiger partial charge in [-0.2, -0.15) is 0 Å². The van der Waals surface area contributed by atoms with Gasteiger partial charge in [0.15, 0.2) is 0 Å². The molecule has 0 fully saturated rings. The number of nitrogens with zero attached hydrogens (tertiary/aromatic N) is 1. The quantitative estimate of drug-likeness (QED) is 0.919. The van der Waals surface area contributed by atoms with Gasteiger partial charge in [0, 0.05) is 0 Å². The summed E-state index contributed by atoms with van der Waals surface area (Å²) >= 11 is 3.44. The van der Waals surface area contributed by atoms with E-state index in [1.54, 1.807) is 6.07 Å². The lowest BCUT2D eigenvalue weighted by Crippen LogP contribution is -2.17. The van der Waals surface area contributed by atoms with Crippen molar-refractivity contribution in [1.82, 2.24) is 0 Å². The Bertz CT molecular complexity index is 676. The second-order valence-corrected chi connectivity index (χ2v) is 6.51. The first-order valence-corrected chi connectivity index (χ1v) is 7.51. The zero-order valence-corrected chi connectivity index (χ0v) is 13.4. The smallest absolute Gasteiger partial charge is 0.254 e. The SMILES string of the molecule is CC1(C)COC(c2oc(C(O)c3ccccc3)cc2Br)=N1. The van der Waals surface area contributed by atoms with Crippen LogP contribution in [0.3, 0.4) is 0 Å². The van der Waals surface area contributed by atoms with Crippen LogP contribution in [0.15, 0.2) is 50.3 Å². The van der Waals surface area contributed by atoms with Crippen molar-refractivity contribution in [3.05, 3.63) is 58.0 Å². The minimum absolute atomic E-state index is 0.250. The molecule has 2 aromatic rings. The number of benzene rings is 1. The molecule has 110 valence electrons. The van der Waals surface area contributed by atoms with E-state index >= 15 is 0 Å². The molecule has 5 heteroatoms. The third-order valence-corrected chi connectivity index (χ3v) is 3.84. The molecule has 0 amide bonds. The molecule has 1 aromatic heterocycles. The maximum atomic E-state index is 10.4. The van der Waals surface area contributed by atoms with Gasteiger partial charge in [-0.25, -0.2) is 4.99 Å². The number of hydrogen-bond acceptors (Lipinski definition) is 4. The number of aliphatic imine (C=N–C) groups is 1. The van der Waals surface area contributed by atoms with Crippen LogP contribution in [0.5, 0.6) is 0 Å². The molecule has 21 heavy (non-hydrogen) atoms. The standard InChI is InChI=1S/C16H16BrNO3/c1-16(2)9-20-15(18-16)14-11(17)8-12(21-14)13(19)10-6-4-3-5-7-10/h3-8,13,19H,9H2,1-2H3. The molecule has 0 saturated heterocycles. The minimum Gasteiger partial charge on any atom is -0.473 e. The second kappa shape index (κ2) is 5.31. The monoisotopic (exact) mass is 349 g/mol. The summed E-state index contributed by atoms with van der Waals surface area (Å²) in [6.07, 6.45) is -0.814. The molecule has 1 aliphatic heterocycles. The molecule has 1 N–H and O–H groups in total. The van der Waals surface area contributed by atoms with E-state index < -0.39 is 6.10 Å². The van der Waals surface area contributed by atoms with Crippen molar-refractivity contribution in [3.8, 4) is 0 Å². The third kappa shape index (κ3) is 2.89. The maximum Gasteiger partial charge on any atom is 0.254 e. The zero-order valence-electron chi connectivity index (χ0n) is 11.8. The normalized spacial score (nSPS) is 18.2. The van der Waals surface area contributed by atoms with Gasteiger partial charge in [-0.3, -0.25) is 0 Å². The van der Waals surface area contributed by atoms with Gasteiger partial charge in [-0.05, 0) is 41.4 Å². The molecule has 1 unspecified atom stereocenters. The zero-order chi connectivity index (χ0) is 15.0. The summed E-state index contributed by atoms with van der Waals surface area (Å²) in [5, 5.41) is 10.4. The van der Waals surface area contributed by atoms with Crippen molar-refractivity contribution >= 4 is 21.8 Å². The molecule has 2 heterocycles. The fourth-order valence-electron chi connectivity index (χ4n) is 2.17. The molecule has 3 rings (SSSR count). The van der Waals surface area contributed by atoms with E-state index in [1.807, 2.05) is 44.2 Å². The molecule has 0 aliphatic carbocycles. The number of furan rings is 1. The fourth-order valence-corrected chi connectivity index (χ4v) is 2.64. The molecule has 0 radical (unpaired) electrons. The minimum atomic E-state index is -0.814. The molecule has 0 bridgehead atoms.